The van der Waals surface area contributed by atoms with Gasteiger partial charge in [-0.1, -0.05) is 32.5 Å². The Balaban J connectivity index is 3.05. The largest absolute Gasteiger partial charge is 0.244 e. The molecule has 0 aromatic carbocycles. The lowest BCUT2D eigenvalue weighted by atomic mass is 9.96. The van der Waals surface area contributed by atoms with Crippen molar-refractivity contribution in [3.05, 3.63) is 5.82 Å². The molecule has 0 saturated heterocycles. The molecule has 0 unspecified atom stereocenters. The lowest BCUT2D eigenvalue weighted by Crippen LogP contribution is -2.13. The molecule has 0 aliphatic carbocycles. The number of thioether (sulfide) groups is 1. The van der Waals surface area contributed by atoms with Gasteiger partial charge in [-0.3, -0.25) is 0 Å². The smallest absolute Gasteiger partial charge is 0.185 e. The van der Waals surface area contributed by atoms with Gasteiger partial charge in [0.1, 0.15) is 0 Å². The summed E-state index contributed by atoms with van der Waals surface area (Å²) in [4.78, 5) is 4.41. The fraction of sp³-hybridized carbons (Fsp3) is 0.750. The van der Waals surface area contributed by atoms with Crippen LogP contribution >= 0.6 is 11.8 Å². The van der Waals surface area contributed by atoms with Crippen LogP contribution in [0.3, 0.4) is 0 Å². The Morgan fingerprint density at radius 1 is 1.33 bits per heavy atom. The molecule has 0 radical (unpaired) electrons. The summed E-state index contributed by atoms with van der Waals surface area (Å²) in [6, 6.07) is 0. The van der Waals surface area contributed by atoms with Gasteiger partial charge in [-0.25, -0.2) is 9.67 Å². The topological polar surface area (TPSA) is 30.7 Å². The average Bonchev–Trinajstić information content (AvgIpc) is 2.29. The summed E-state index contributed by atoms with van der Waals surface area (Å²) in [6.07, 6.45) is 2.01. The predicted octanol–water partition coefficient (Wildman–Crippen LogP) is 1.83. The predicted molar refractivity (Wildman–Crippen MR) is 51.5 cm³/mol. The van der Waals surface area contributed by atoms with Crippen molar-refractivity contribution < 1.29 is 0 Å². The van der Waals surface area contributed by atoms with Crippen LogP contribution in [0.2, 0.25) is 0 Å². The molecule has 0 atom stereocenters. The van der Waals surface area contributed by atoms with Gasteiger partial charge in [-0.15, -0.1) is 0 Å². The molecule has 0 amide bonds. The van der Waals surface area contributed by atoms with Crippen molar-refractivity contribution in [2.75, 3.05) is 6.26 Å². The average molecular weight is 185 g/mol. The maximum atomic E-state index is 4.41. The van der Waals surface area contributed by atoms with Gasteiger partial charge in [0.15, 0.2) is 11.0 Å². The van der Waals surface area contributed by atoms with Crippen LogP contribution in [-0.2, 0) is 12.5 Å². The summed E-state index contributed by atoms with van der Waals surface area (Å²) in [5, 5.41) is 5.31. The Kier molecular flexibility index (Phi) is 2.46. The third-order valence-electron chi connectivity index (χ3n) is 1.58. The van der Waals surface area contributed by atoms with E-state index < -0.39 is 0 Å². The molecule has 1 rings (SSSR count). The van der Waals surface area contributed by atoms with E-state index in [0.29, 0.717) is 0 Å². The minimum atomic E-state index is 0.0474. The Morgan fingerprint density at radius 3 is 2.17 bits per heavy atom. The van der Waals surface area contributed by atoms with Crippen LogP contribution in [0.15, 0.2) is 5.16 Å². The van der Waals surface area contributed by atoms with Crippen molar-refractivity contribution in [3.8, 4) is 0 Å². The first-order chi connectivity index (χ1) is 5.45. The highest BCUT2D eigenvalue weighted by Crippen LogP contribution is 2.20. The van der Waals surface area contributed by atoms with Crippen LogP contribution in [0.1, 0.15) is 26.6 Å². The van der Waals surface area contributed by atoms with E-state index >= 15 is 0 Å². The summed E-state index contributed by atoms with van der Waals surface area (Å²) >= 11 is 1.62. The lowest BCUT2D eigenvalue weighted by molar-refractivity contribution is 0.538. The molecule has 1 aromatic heterocycles. The zero-order chi connectivity index (χ0) is 9.35. The molecule has 0 bridgehead atoms. The van der Waals surface area contributed by atoms with Gasteiger partial charge >= 0.3 is 0 Å². The van der Waals surface area contributed by atoms with E-state index in [9.17, 15) is 0 Å². The zero-order valence-electron chi connectivity index (χ0n) is 8.25. The SMILES string of the molecule is CSc1nc(C(C)(C)C)nn1C. The first kappa shape index (κ1) is 9.58. The molecule has 12 heavy (non-hydrogen) atoms. The van der Waals surface area contributed by atoms with Gasteiger partial charge in [0.05, 0.1) is 0 Å². The number of aryl methyl sites for hydroxylation is 1. The number of hydrogen-bond donors (Lipinski definition) is 0. The molecule has 0 aliphatic rings. The summed E-state index contributed by atoms with van der Waals surface area (Å²) in [5.74, 6) is 0.911. The Labute approximate surface area is 77.6 Å². The first-order valence-electron chi connectivity index (χ1n) is 3.90. The number of rotatable bonds is 1. The monoisotopic (exact) mass is 185 g/mol. The first-order valence-corrected chi connectivity index (χ1v) is 5.13. The highest BCUT2D eigenvalue weighted by atomic mass is 32.2. The van der Waals surface area contributed by atoms with Crippen LogP contribution in [-0.4, -0.2) is 21.0 Å². The van der Waals surface area contributed by atoms with Crippen molar-refractivity contribution in [3.63, 3.8) is 0 Å². The van der Waals surface area contributed by atoms with Gasteiger partial charge in [0.2, 0.25) is 0 Å². The second-order valence-corrected chi connectivity index (χ2v) is 4.57. The maximum absolute atomic E-state index is 4.41. The lowest BCUT2D eigenvalue weighted by Gasteiger charge is -2.11. The highest BCUT2D eigenvalue weighted by molar-refractivity contribution is 7.98. The van der Waals surface area contributed by atoms with Gasteiger partial charge < -0.3 is 0 Å². The van der Waals surface area contributed by atoms with Gasteiger partial charge in [-0.2, -0.15) is 5.10 Å². The minimum Gasteiger partial charge on any atom is -0.244 e. The van der Waals surface area contributed by atoms with E-state index in [1.54, 1.807) is 11.8 Å². The summed E-state index contributed by atoms with van der Waals surface area (Å²) in [6.45, 7) is 6.35. The summed E-state index contributed by atoms with van der Waals surface area (Å²) in [7, 11) is 1.92. The maximum Gasteiger partial charge on any atom is 0.185 e. The second kappa shape index (κ2) is 3.09. The van der Waals surface area contributed by atoms with Crippen molar-refractivity contribution in [2.45, 2.75) is 31.3 Å². The third kappa shape index (κ3) is 1.80. The zero-order valence-corrected chi connectivity index (χ0v) is 9.07. The van der Waals surface area contributed by atoms with Crippen molar-refractivity contribution in [2.24, 2.45) is 7.05 Å². The molecular weight excluding hydrogens is 170 g/mol. The van der Waals surface area contributed by atoms with Crippen LogP contribution in [0.5, 0.6) is 0 Å². The van der Waals surface area contributed by atoms with Crippen molar-refractivity contribution >= 4 is 11.8 Å². The van der Waals surface area contributed by atoms with Crippen LogP contribution in [0, 0.1) is 0 Å². The Morgan fingerprint density at radius 2 is 1.92 bits per heavy atom. The van der Waals surface area contributed by atoms with Crippen LogP contribution < -0.4 is 0 Å². The minimum absolute atomic E-state index is 0.0474. The van der Waals surface area contributed by atoms with Crippen molar-refractivity contribution in [1.29, 1.82) is 0 Å². The summed E-state index contributed by atoms with van der Waals surface area (Å²) in [5.41, 5.74) is 0.0474. The van der Waals surface area contributed by atoms with E-state index in [-0.39, 0.29) is 5.41 Å². The quantitative estimate of drug-likeness (QED) is 0.625. The fourth-order valence-electron chi connectivity index (χ4n) is 0.866. The number of aromatic nitrogens is 3. The molecular formula is C8H15N3S. The number of hydrogen-bond acceptors (Lipinski definition) is 3. The van der Waals surface area contributed by atoms with Crippen LogP contribution in [0.25, 0.3) is 0 Å². The van der Waals surface area contributed by atoms with E-state index in [4.69, 9.17) is 0 Å². The Hall–Kier alpha value is -0.510. The van der Waals surface area contributed by atoms with Crippen LogP contribution in [0.4, 0.5) is 0 Å². The molecule has 68 valence electrons. The van der Waals surface area contributed by atoms with E-state index in [1.165, 1.54) is 0 Å². The molecule has 0 N–H and O–H groups in total. The normalized spacial score (nSPS) is 12.1. The molecule has 0 aliphatic heterocycles. The van der Waals surface area contributed by atoms with E-state index in [1.807, 2.05) is 18.0 Å². The molecule has 0 saturated carbocycles. The third-order valence-corrected chi connectivity index (χ3v) is 2.30. The molecule has 1 heterocycles. The van der Waals surface area contributed by atoms with E-state index in [2.05, 4.69) is 30.9 Å². The molecule has 0 spiro atoms. The molecule has 4 heteroatoms. The van der Waals surface area contributed by atoms with Crippen molar-refractivity contribution in [1.82, 2.24) is 14.8 Å². The molecule has 0 fully saturated rings. The fourth-order valence-corrected chi connectivity index (χ4v) is 1.35. The number of nitrogens with zero attached hydrogens (tertiary/aromatic N) is 3. The van der Waals surface area contributed by atoms with Gasteiger partial charge in [-0.05, 0) is 6.26 Å². The molecule has 1 aromatic rings. The van der Waals surface area contributed by atoms with Gasteiger partial charge in [0.25, 0.3) is 0 Å². The highest BCUT2D eigenvalue weighted by Gasteiger charge is 2.20. The molecule has 3 nitrogen and oxygen atoms in total. The second-order valence-electron chi connectivity index (χ2n) is 3.80. The standard InChI is InChI=1S/C8H15N3S/c1-8(2,3)6-9-7(12-5)11(4)10-6/h1-5H3. The van der Waals surface area contributed by atoms with E-state index in [0.717, 1.165) is 11.0 Å². The Bertz CT molecular complexity index is 272. The van der Waals surface area contributed by atoms with Gasteiger partial charge in [0, 0.05) is 12.5 Å². The summed E-state index contributed by atoms with van der Waals surface area (Å²) < 4.78 is 1.82.